The van der Waals surface area contributed by atoms with Crippen LogP contribution < -0.4 is 17.2 Å². The van der Waals surface area contributed by atoms with Gasteiger partial charge in [-0.2, -0.15) is 0 Å². The zero-order valence-electron chi connectivity index (χ0n) is 11.2. The van der Waals surface area contributed by atoms with Crippen molar-refractivity contribution in [2.24, 2.45) is 28.5 Å². The van der Waals surface area contributed by atoms with Gasteiger partial charge >= 0.3 is 0 Å². The van der Waals surface area contributed by atoms with Gasteiger partial charge in [-0.25, -0.2) is 0 Å². The van der Waals surface area contributed by atoms with Crippen LogP contribution in [0.1, 0.15) is 52.4 Å². The summed E-state index contributed by atoms with van der Waals surface area (Å²) in [5, 5.41) is 0. The van der Waals surface area contributed by atoms with Gasteiger partial charge in [-0.1, -0.05) is 13.8 Å². The van der Waals surface area contributed by atoms with Crippen LogP contribution in [0, 0.1) is 11.3 Å². The van der Waals surface area contributed by atoms with E-state index in [1.165, 1.54) is 19.3 Å². The summed E-state index contributed by atoms with van der Waals surface area (Å²) >= 11 is 0. The van der Waals surface area contributed by atoms with Crippen molar-refractivity contribution in [3.63, 3.8) is 0 Å². The van der Waals surface area contributed by atoms with Gasteiger partial charge in [0.25, 0.3) is 0 Å². The summed E-state index contributed by atoms with van der Waals surface area (Å²) < 4.78 is 0. The first-order valence-electron chi connectivity index (χ1n) is 6.73. The summed E-state index contributed by atoms with van der Waals surface area (Å²) in [6.07, 6.45) is 7.03. The minimum Gasteiger partial charge on any atom is -0.330 e. The first kappa shape index (κ1) is 15.9. The fraction of sp³-hybridized carbons (Fsp3) is 1.00. The third kappa shape index (κ3) is 5.28. The van der Waals surface area contributed by atoms with Crippen molar-refractivity contribution in [1.82, 2.24) is 0 Å². The van der Waals surface area contributed by atoms with E-state index in [-0.39, 0.29) is 0 Å². The fourth-order valence-electron chi connectivity index (χ4n) is 2.60. The molecule has 6 N–H and O–H groups in total. The highest BCUT2D eigenvalue weighted by Gasteiger charge is 2.31. The third-order valence-electron chi connectivity index (χ3n) is 3.86. The molecule has 0 unspecified atom stereocenters. The smallest absolute Gasteiger partial charge is 0.00771 e. The zero-order valence-corrected chi connectivity index (χ0v) is 11.2. The van der Waals surface area contributed by atoms with E-state index in [2.05, 4.69) is 13.8 Å². The van der Waals surface area contributed by atoms with Crippen LogP contribution in [0.2, 0.25) is 0 Å². The Balaban J connectivity index is 4.46. The summed E-state index contributed by atoms with van der Waals surface area (Å²) in [7, 11) is 0. The minimum absolute atomic E-state index is 0.415. The van der Waals surface area contributed by atoms with E-state index >= 15 is 0 Å². The summed E-state index contributed by atoms with van der Waals surface area (Å²) in [6.45, 7) is 7.02. The Hall–Kier alpha value is -0.120. The lowest BCUT2D eigenvalue weighted by atomic mass is 9.67. The van der Waals surface area contributed by atoms with E-state index in [0.717, 1.165) is 38.9 Å². The molecule has 0 fully saturated rings. The van der Waals surface area contributed by atoms with E-state index in [4.69, 9.17) is 17.2 Å². The molecule has 0 heterocycles. The van der Waals surface area contributed by atoms with Crippen LogP contribution in [-0.2, 0) is 0 Å². The number of nitrogens with two attached hydrogens (primary N) is 3. The van der Waals surface area contributed by atoms with Gasteiger partial charge in [0.2, 0.25) is 0 Å². The minimum atomic E-state index is 0.415. The Labute approximate surface area is 101 Å². The molecule has 0 aliphatic rings. The summed E-state index contributed by atoms with van der Waals surface area (Å²) in [5.41, 5.74) is 17.3. The van der Waals surface area contributed by atoms with Crippen molar-refractivity contribution in [1.29, 1.82) is 0 Å². The molecule has 0 saturated carbocycles. The van der Waals surface area contributed by atoms with Crippen LogP contribution in [-0.4, -0.2) is 19.6 Å². The molecule has 0 bridgehead atoms. The van der Waals surface area contributed by atoms with E-state index in [0.29, 0.717) is 11.3 Å². The molecule has 3 nitrogen and oxygen atoms in total. The van der Waals surface area contributed by atoms with Crippen molar-refractivity contribution in [3.8, 4) is 0 Å². The predicted molar refractivity (Wildman–Crippen MR) is 72.1 cm³/mol. The van der Waals surface area contributed by atoms with Crippen LogP contribution in [0.4, 0.5) is 0 Å². The topological polar surface area (TPSA) is 78.1 Å². The van der Waals surface area contributed by atoms with Crippen LogP contribution in [0.3, 0.4) is 0 Å². The lowest BCUT2D eigenvalue weighted by molar-refractivity contribution is 0.130. The molecule has 0 saturated heterocycles. The molecule has 0 aromatic heterocycles. The SMILES string of the molecule is CC(C)C(CCCN)(CCCN)CCCN. The predicted octanol–water partition coefficient (Wildman–Crippen LogP) is 1.85. The Morgan fingerprint density at radius 2 is 1.06 bits per heavy atom. The van der Waals surface area contributed by atoms with E-state index in [9.17, 15) is 0 Å². The molecule has 0 aliphatic carbocycles. The van der Waals surface area contributed by atoms with Crippen molar-refractivity contribution in [2.45, 2.75) is 52.4 Å². The molecular formula is C13H31N3. The first-order chi connectivity index (χ1) is 7.63. The van der Waals surface area contributed by atoms with Gasteiger partial charge in [-0.15, -0.1) is 0 Å². The normalized spacial score (nSPS) is 12.4. The van der Waals surface area contributed by atoms with Gasteiger partial charge in [-0.05, 0) is 69.5 Å². The molecule has 0 aliphatic heterocycles. The molecule has 0 amide bonds. The maximum Gasteiger partial charge on any atom is -0.00771 e. The zero-order chi connectivity index (χ0) is 12.4. The fourth-order valence-corrected chi connectivity index (χ4v) is 2.60. The van der Waals surface area contributed by atoms with Gasteiger partial charge in [-0.3, -0.25) is 0 Å². The highest BCUT2D eigenvalue weighted by Crippen LogP contribution is 2.41. The van der Waals surface area contributed by atoms with Crippen molar-refractivity contribution >= 4 is 0 Å². The molecular weight excluding hydrogens is 198 g/mol. The van der Waals surface area contributed by atoms with Crippen molar-refractivity contribution in [2.75, 3.05) is 19.6 Å². The van der Waals surface area contributed by atoms with Gasteiger partial charge in [0, 0.05) is 0 Å². The highest BCUT2D eigenvalue weighted by molar-refractivity contribution is 4.83. The second-order valence-electron chi connectivity index (χ2n) is 5.19. The number of rotatable bonds is 10. The lowest BCUT2D eigenvalue weighted by Gasteiger charge is -2.38. The first-order valence-corrected chi connectivity index (χ1v) is 6.73. The molecule has 0 spiro atoms. The molecule has 0 aromatic carbocycles. The summed E-state index contributed by atoms with van der Waals surface area (Å²) in [4.78, 5) is 0. The molecule has 0 aromatic rings. The Kier molecular flexibility index (Phi) is 8.90. The molecule has 16 heavy (non-hydrogen) atoms. The van der Waals surface area contributed by atoms with Gasteiger partial charge in [0.05, 0.1) is 0 Å². The second-order valence-corrected chi connectivity index (χ2v) is 5.19. The van der Waals surface area contributed by atoms with Crippen LogP contribution in [0.5, 0.6) is 0 Å². The van der Waals surface area contributed by atoms with Gasteiger partial charge in [0.15, 0.2) is 0 Å². The Bertz CT molecular complexity index is 135. The molecule has 0 rings (SSSR count). The monoisotopic (exact) mass is 229 g/mol. The largest absolute Gasteiger partial charge is 0.330 e. The Morgan fingerprint density at radius 1 is 0.750 bits per heavy atom. The second kappa shape index (κ2) is 8.97. The highest BCUT2D eigenvalue weighted by atomic mass is 14.6. The van der Waals surface area contributed by atoms with Gasteiger partial charge < -0.3 is 17.2 Å². The van der Waals surface area contributed by atoms with Crippen LogP contribution in [0.25, 0.3) is 0 Å². The van der Waals surface area contributed by atoms with Crippen LogP contribution >= 0.6 is 0 Å². The van der Waals surface area contributed by atoms with Gasteiger partial charge in [0.1, 0.15) is 0 Å². The summed E-state index contributed by atoms with van der Waals surface area (Å²) in [6, 6.07) is 0. The van der Waals surface area contributed by atoms with E-state index in [1.54, 1.807) is 0 Å². The van der Waals surface area contributed by atoms with Crippen molar-refractivity contribution < 1.29 is 0 Å². The van der Waals surface area contributed by atoms with E-state index in [1.807, 2.05) is 0 Å². The number of hydrogen-bond acceptors (Lipinski definition) is 3. The van der Waals surface area contributed by atoms with Crippen molar-refractivity contribution in [3.05, 3.63) is 0 Å². The average Bonchev–Trinajstić information content (AvgIpc) is 2.28. The lowest BCUT2D eigenvalue weighted by Crippen LogP contribution is -2.30. The maximum absolute atomic E-state index is 5.64. The molecule has 0 atom stereocenters. The quantitative estimate of drug-likeness (QED) is 0.535. The molecule has 3 heteroatoms. The number of hydrogen-bond donors (Lipinski definition) is 3. The summed E-state index contributed by atoms with van der Waals surface area (Å²) in [5.74, 6) is 0.692. The van der Waals surface area contributed by atoms with E-state index < -0.39 is 0 Å². The average molecular weight is 229 g/mol. The molecule has 0 radical (unpaired) electrons. The molecule has 98 valence electrons. The maximum atomic E-state index is 5.64. The standard InChI is InChI=1S/C13H31N3/c1-12(2)13(6-3-9-14,7-4-10-15)8-5-11-16/h12H,3-11,14-16H2,1-2H3. The Morgan fingerprint density at radius 3 is 1.25 bits per heavy atom. The third-order valence-corrected chi connectivity index (χ3v) is 3.86. The van der Waals surface area contributed by atoms with Crippen LogP contribution in [0.15, 0.2) is 0 Å².